The van der Waals surface area contributed by atoms with Gasteiger partial charge in [0, 0.05) is 30.4 Å². The second-order valence-electron chi connectivity index (χ2n) is 7.56. The molecule has 2 atom stereocenters. The van der Waals surface area contributed by atoms with E-state index < -0.39 is 0 Å². The van der Waals surface area contributed by atoms with Crippen molar-refractivity contribution in [3.63, 3.8) is 0 Å². The van der Waals surface area contributed by atoms with Crippen LogP contribution >= 0.6 is 0 Å². The Morgan fingerprint density at radius 2 is 2.10 bits per heavy atom. The molecule has 5 rings (SSSR count). The fourth-order valence-corrected chi connectivity index (χ4v) is 4.05. The smallest absolute Gasteiger partial charge is 0.212 e. The number of hydrogen-bond donors (Lipinski definition) is 0. The minimum Gasteiger partial charge on any atom is -0.481 e. The van der Waals surface area contributed by atoms with Crippen molar-refractivity contribution in [3.05, 3.63) is 59.6 Å². The van der Waals surface area contributed by atoms with Crippen molar-refractivity contribution in [2.75, 3.05) is 40.1 Å². The van der Waals surface area contributed by atoms with Gasteiger partial charge in [0.05, 0.1) is 39.3 Å². The molecule has 1 saturated heterocycles. The van der Waals surface area contributed by atoms with Crippen LogP contribution in [-0.2, 0) is 20.6 Å². The molecule has 3 aliphatic heterocycles. The van der Waals surface area contributed by atoms with Gasteiger partial charge in [0.25, 0.3) is 0 Å². The number of aromatic nitrogens is 1. The van der Waals surface area contributed by atoms with Gasteiger partial charge in [-0.2, -0.15) is 0 Å². The molecule has 7 nitrogen and oxygen atoms in total. The van der Waals surface area contributed by atoms with Crippen molar-refractivity contribution in [2.45, 2.75) is 18.6 Å². The van der Waals surface area contributed by atoms with Gasteiger partial charge in [-0.3, -0.25) is 0 Å². The number of fused-ring (bicyclic) bond motifs is 3. The summed E-state index contributed by atoms with van der Waals surface area (Å²) >= 11 is 0. The maximum atomic E-state index is 5.91. The number of pyridine rings is 1. The van der Waals surface area contributed by atoms with E-state index in [1.807, 2.05) is 24.7 Å². The predicted molar refractivity (Wildman–Crippen MR) is 112 cm³/mol. The summed E-state index contributed by atoms with van der Waals surface area (Å²) in [6.07, 6.45) is 6.78. The van der Waals surface area contributed by atoms with Crippen LogP contribution in [-0.4, -0.2) is 62.4 Å². The third kappa shape index (κ3) is 3.91. The molecular weight excluding hydrogens is 382 g/mol. The fourth-order valence-electron chi connectivity index (χ4n) is 4.05. The van der Waals surface area contributed by atoms with Gasteiger partial charge in [-0.25, -0.2) is 9.98 Å². The van der Waals surface area contributed by atoms with Crippen LogP contribution in [0.5, 0.6) is 5.88 Å². The van der Waals surface area contributed by atoms with Crippen LogP contribution in [0.4, 0.5) is 0 Å². The number of hydrogen-bond acceptors (Lipinski definition) is 7. The molecule has 0 spiro atoms. The third-order valence-electron chi connectivity index (χ3n) is 5.67. The van der Waals surface area contributed by atoms with E-state index in [1.54, 1.807) is 7.11 Å². The van der Waals surface area contributed by atoms with Crippen molar-refractivity contribution >= 4 is 6.34 Å². The van der Waals surface area contributed by atoms with E-state index in [-0.39, 0.29) is 12.1 Å². The number of rotatable bonds is 5. The average Bonchev–Trinajstić information content (AvgIpc) is 2.83. The predicted octanol–water partition coefficient (Wildman–Crippen LogP) is 2.97. The van der Waals surface area contributed by atoms with E-state index in [0.717, 1.165) is 24.1 Å². The molecule has 4 heterocycles. The second-order valence-corrected chi connectivity index (χ2v) is 7.56. The zero-order chi connectivity index (χ0) is 20.3. The topological polar surface area (TPSA) is 65.4 Å². The highest BCUT2D eigenvalue weighted by Gasteiger charge is 2.28. The highest BCUT2D eigenvalue weighted by Crippen LogP contribution is 2.35. The Morgan fingerprint density at radius 3 is 2.90 bits per heavy atom. The molecule has 0 bridgehead atoms. The first-order valence-corrected chi connectivity index (χ1v) is 10.3. The normalized spacial score (nSPS) is 22.7. The summed E-state index contributed by atoms with van der Waals surface area (Å²) < 4.78 is 22.2. The highest BCUT2D eigenvalue weighted by molar-refractivity contribution is 5.67. The molecule has 0 amide bonds. The molecule has 1 aromatic carbocycles. The van der Waals surface area contributed by atoms with E-state index >= 15 is 0 Å². The second kappa shape index (κ2) is 8.45. The number of nitrogens with zero attached hydrogens (tertiary/aromatic N) is 3. The number of benzene rings is 1. The van der Waals surface area contributed by atoms with Crippen molar-refractivity contribution in [2.24, 2.45) is 4.99 Å². The lowest BCUT2D eigenvalue weighted by Crippen LogP contribution is -2.36. The van der Waals surface area contributed by atoms with E-state index in [1.165, 1.54) is 11.1 Å². The van der Waals surface area contributed by atoms with Crippen molar-refractivity contribution < 1.29 is 18.9 Å². The molecule has 156 valence electrons. The standard InChI is InChI=1S/C23H25N3O4/c1-27-22-5-3-18(12-24-22)16-2-4-20-17(10-16)6-7-26-15-25-23(11-21(20)26)30-14-19-13-28-8-9-29-19/h2-5,10-12,15,19,21H,6-9,13-14H2,1H3. The lowest BCUT2D eigenvalue weighted by atomic mass is 9.89. The molecule has 1 aromatic heterocycles. The highest BCUT2D eigenvalue weighted by atomic mass is 16.6. The summed E-state index contributed by atoms with van der Waals surface area (Å²) in [4.78, 5) is 11.1. The molecule has 0 aliphatic carbocycles. The van der Waals surface area contributed by atoms with Crippen molar-refractivity contribution in [1.82, 2.24) is 9.88 Å². The van der Waals surface area contributed by atoms with Gasteiger partial charge in [0.1, 0.15) is 12.7 Å². The SMILES string of the molecule is COc1ccc(-c2ccc3c(c2)CCN2C=NC(OCC4COCCO4)=CC32)cn1. The summed E-state index contributed by atoms with van der Waals surface area (Å²) in [6, 6.07) is 10.7. The Hall–Kier alpha value is -2.90. The first-order chi connectivity index (χ1) is 14.8. The fraction of sp³-hybridized carbons (Fsp3) is 0.391. The zero-order valence-electron chi connectivity index (χ0n) is 17.0. The van der Waals surface area contributed by atoms with Crippen LogP contribution in [0, 0.1) is 0 Å². The zero-order valence-corrected chi connectivity index (χ0v) is 17.0. The monoisotopic (exact) mass is 407 g/mol. The van der Waals surface area contributed by atoms with Gasteiger partial charge in [0.15, 0.2) is 0 Å². The third-order valence-corrected chi connectivity index (χ3v) is 5.67. The van der Waals surface area contributed by atoms with E-state index in [2.05, 4.69) is 39.2 Å². The van der Waals surface area contributed by atoms with E-state index in [4.69, 9.17) is 18.9 Å². The van der Waals surface area contributed by atoms with Crippen LogP contribution in [0.1, 0.15) is 17.2 Å². The molecule has 0 N–H and O–H groups in total. The van der Waals surface area contributed by atoms with Crippen LogP contribution in [0.2, 0.25) is 0 Å². The maximum Gasteiger partial charge on any atom is 0.212 e. The number of methoxy groups -OCH3 is 1. The van der Waals surface area contributed by atoms with Crippen LogP contribution < -0.4 is 4.74 Å². The van der Waals surface area contributed by atoms with Crippen molar-refractivity contribution in [3.8, 4) is 17.0 Å². The summed E-state index contributed by atoms with van der Waals surface area (Å²) in [5, 5.41) is 0. The van der Waals surface area contributed by atoms with Crippen LogP contribution in [0.15, 0.2) is 53.5 Å². The largest absolute Gasteiger partial charge is 0.481 e. The first-order valence-electron chi connectivity index (χ1n) is 10.3. The van der Waals surface area contributed by atoms with Gasteiger partial charge < -0.3 is 23.8 Å². The molecule has 1 fully saturated rings. The minimum atomic E-state index is -0.0350. The number of aliphatic imine (C=N–C) groups is 1. The molecule has 0 radical (unpaired) electrons. The Balaban J connectivity index is 1.33. The summed E-state index contributed by atoms with van der Waals surface area (Å²) in [7, 11) is 1.63. The first kappa shape index (κ1) is 19.1. The minimum absolute atomic E-state index is 0.0350. The summed E-state index contributed by atoms with van der Waals surface area (Å²) in [5.74, 6) is 1.26. The molecule has 3 aliphatic rings. The van der Waals surface area contributed by atoms with Crippen molar-refractivity contribution in [1.29, 1.82) is 0 Å². The van der Waals surface area contributed by atoms with Gasteiger partial charge in [-0.05, 0) is 29.2 Å². The Morgan fingerprint density at radius 1 is 1.17 bits per heavy atom. The number of ether oxygens (including phenoxy) is 4. The lowest BCUT2D eigenvalue weighted by molar-refractivity contribution is -0.108. The molecule has 2 aromatic rings. The molecule has 30 heavy (non-hydrogen) atoms. The van der Waals surface area contributed by atoms with E-state index in [0.29, 0.717) is 38.2 Å². The quantitative estimate of drug-likeness (QED) is 0.759. The van der Waals surface area contributed by atoms with Gasteiger partial charge in [0.2, 0.25) is 11.8 Å². The Bertz CT molecular complexity index is 951. The summed E-state index contributed by atoms with van der Waals surface area (Å²) in [5.41, 5.74) is 4.88. The Labute approximate surface area is 175 Å². The molecule has 7 heteroatoms. The average molecular weight is 407 g/mol. The summed E-state index contributed by atoms with van der Waals surface area (Å²) in [6.45, 7) is 3.21. The molecule has 0 saturated carbocycles. The Kier molecular flexibility index (Phi) is 5.38. The van der Waals surface area contributed by atoms with Gasteiger partial charge in [-0.15, -0.1) is 0 Å². The van der Waals surface area contributed by atoms with Crippen LogP contribution in [0.3, 0.4) is 0 Å². The molecule has 2 unspecified atom stereocenters. The van der Waals surface area contributed by atoms with E-state index in [9.17, 15) is 0 Å². The van der Waals surface area contributed by atoms with Gasteiger partial charge >= 0.3 is 0 Å². The lowest BCUT2D eigenvalue weighted by Gasteiger charge is -2.36. The molecular formula is C23H25N3O4. The van der Waals surface area contributed by atoms with Gasteiger partial charge in [-0.1, -0.05) is 18.2 Å². The van der Waals surface area contributed by atoms with Crippen LogP contribution in [0.25, 0.3) is 11.1 Å². The maximum absolute atomic E-state index is 5.91.